The summed E-state index contributed by atoms with van der Waals surface area (Å²) in [5.41, 5.74) is 0. The van der Waals surface area contributed by atoms with E-state index < -0.39 is 0 Å². The monoisotopic (exact) mass is 141 g/mol. The highest BCUT2D eigenvalue weighted by molar-refractivity contribution is 4.75. The van der Waals surface area contributed by atoms with Crippen LogP contribution in [-0.2, 0) is 0 Å². The average molecular weight is 141 g/mol. The third-order valence-electron chi connectivity index (χ3n) is 2.52. The van der Waals surface area contributed by atoms with Gasteiger partial charge in [-0.15, -0.1) is 0 Å². The third kappa shape index (κ3) is 1.72. The summed E-state index contributed by atoms with van der Waals surface area (Å²) in [6.07, 6.45) is 4.24. The van der Waals surface area contributed by atoms with E-state index in [1.54, 1.807) is 0 Å². The topological polar surface area (TPSA) is 3.24 Å². The normalized spacial score (nSPS) is 29.4. The Kier molecular flexibility index (Phi) is 2.72. The molecule has 0 spiro atoms. The molecule has 1 aliphatic heterocycles. The molecule has 1 saturated heterocycles. The van der Waals surface area contributed by atoms with Crippen LogP contribution in [0.4, 0.5) is 0 Å². The van der Waals surface area contributed by atoms with Crippen molar-refractivity contribution in [1.29, 1.82) is 0 Å². The highest BCUT2D eigenvalue weighted by Gasteiger charge is 2.19. The van der Waals surface area contributed by atoms with Crippen molar-refractivity contribution in [3.8, 4) is 0 Å². The van der Waals surface area contributed by atoms with Gasteiger partial charge in [0, 0.05) is 12.1 Å². The largest absolute Gasteiger partial charge is 0.298 e. The Morgan fingerprint density at radius 3 is 2.40 bits per heavy atom. The van der Waals surface area contributed by atoms with Crippen molar-refractivity contribution in [1.82, 2.24) is 4.90 Å². The second-order valence-corrected chi connectivity index (χ2v) is 3.68. The molecule has 1 heterocycles. The van der Waals surface area contributed by atoms with E-state index in [4.69, 9.17) is 0 Å². The van der Waals surface area contributed by atoms with Crippen molar-refractivity contribution in [2.45, 2.75) is 52.1 Å². The molecule has 1 rings (SSSR count). The van der Waals surface area contributed by atoms with Crippen LogP contribution in [-0.4, -0.2) is 23.5 Å². The summed E-state index contributed by atoms with van der Waals surface area (Å²) in [6, 6.07) is 1.57. The van der Waals surface area contributed by atoms with E-state index in [9.17, 15) is 0 Å². The Morgan fingerprint density at radius 2 is 2.00 bits per heavy atom. The number of piperidine rings is 1. The van der Waals surface area contributed by atoms with Crippen molar-refractivity contribution in [2.24, 2.45) is 0 Å². The minimum Gasteiger partial charge on any atom is -0.298 e. The molecule has 0 amide bonds. The molecule has 0 aromatic heterocycles. The molecule has 1 nitrogen and oxygen atoms in total. The van der Waals surface area contributed by atoms with Crippen molar-refractivity contribution in [3.63, 3.8) is 0 Å². The predicted molar refractivity (Wildman–Crippen MR) is 45.2 cm³/mol. The van der Waals surface area contributed by atoms with Crippen LogP contribution in [0, 0.1) is 0 Å². The molecule has 60 valence electrons. The van der Waals surface area contributed by atoms with E-state index in [1.807, 2.05) is 0 Å². The SMILES string of the molecule is CC(C)N1CCCC[C@H]1C. The fourth-order valence-corrected chi connectivity index (χ4v) is 1.89. The Bertz CT molecular complexity index is 98.9. The highest BCUT2D eigenvalue weighted by atomic mass is 15.2. The van der Waals surface area contributed by atoms with E-state index in [0.717, 1.165) is 12.1 Å². The van der Waals surface area contributed by atoms with Crippen LogP contribution in [0.2, 0.25) is 0 Å². The maximum atomic E-state index is 2.60. The lowest BCUT2D eigenvalue weighted by molar-refractivity contribution is 0.123. The maximum absolute atomic E-state index is 2.60. The van der Waals surface area contributed by atoms with Crippen LogP contribution in [0.1, 0.15) is 40.0 Å². The Hall–Kier alpha value is -0.0400. The molecule has 0 N–H and O–H groups in total. The summed E-state index contributed by atoms with van der Waals surface area (Å²) in [6.45, 7) is 8.25. The molecule has 1 fully saturated rings. The minimum atomic E-state index is 0.746. The molecule has 1 heteroatoms. The van der Waals surface area contributed by atoms with Gasteiger partial charge in [0.25, 0.3) is 0 Å². The zero-order chi connectivity index (χ0) is 7.56. The molecular weight excluding hydrogens is 122 g/mol. The van der Waals surface area contributed by atoms with Crippen molar-refractivity contribution < 1.29 is 0 Å². The van der Waals surface area contributed by atoms with Crippen LogP contribution in [0.15, 0.2) is 0 Å². The molecule has 0 saturated carbocycles. The van der Waals surface area contributed by atoms with Gasteiger partial charge in [-0.25, -0.2) is 0 Å². The first kappa shape index (κ1) is 8.06. The van der Waals surface area contributed by atoms with Gasteiger partial charge in [-0.2, -0.15) is 0 Å². The molecule has 1 aliphatic rings. The lowest BCUT2D eigenvalue weighted by Gasteiger charge is -2.36. The van der Waals surface area contributed by atoms with E-state index in [1.165, 1.54) is 25.8 Å². The van der Waals surface area contributed by atoms with E-state index in [2.05, 4.69) is 25.7 Å². The third-order valence-corrected chi connectivity index (χ3v) is 2.52. The standard InChI is InChI=1S/C9H19N/c1-8(2)10-7-5-4-6-9(10)3/h8-9H,4-7H2,1-3H3/t9-/m1/s1. The second-order valence-electron chi connectivity index (χ2n) is 3.68. The molecule has 0 bridgehead atoms. The Morgan fingerprint density at radius 1 is 1.30 bits per heavy atom. The first-order chi connectivity index (χ1) is 4.72. The quantitative estimate of drug-likeness (QED) is 0.541. The summed E-state index contributed by atoms with van der Waals surface area (Å²) < 4.78 is 0. The number of hydrogen-bond donors (Lipinski definition) is 0. The van der Waals surface area contributed by atoms with Gasteiger partial charge in [-0.3, -0.25) is 4.90 Å². The molecule has 0 unspecified atom stereocenters. The first-order valence-electron chi connectivity index (χ1n) is 4.47. The summed E-state index contributed by atoms with van der Waals surface area (Å²) in [7, 11) is 0. The van der Waals surface area contributed by atoms with Gasteiger partial charge in [0.2, 0.25) is 0 Å². The number of hydrogen-bond acceptors (Lipinski definition) is 1. The molecular formula is C9H19N. The zero-order valence-corrected chi connectivity index (χ0v) is 7.43. The zero-order valence-electron chi connectivity index (χ0n) is 7.43. The van der Waals surface area contributed by atoms with Gasteiger partial charge in [0.05, 0.1) is 0 Å². The molecule has 0 aliphatic carbocycles. The number of rotatable bonds is 1. The van der Waals surface area contributed by atoms with Crippen molar-refractivity contribution in [2.75, 3.05) is 6.54 Å². The smallest absolute Gasteiger partial charge is 0.00696 e. The Balaban J connectivity index is 2.40. The van der Waals surface area contributed by atoms with Crippen molar-refractivity contribution in [3.05, 3.63) is 0 Å². The van der Waals surface area contributed by atoms with Gasteiger partial charge in [-0.1, -0.05) is 6.42 Å². The van der Waals surface area contributed by atoms with Crippen LogP contribution in [0.3, 0.4) is 0 Å². The van der Waals surface area contributed by atoms with Crippen LogP contribution >= 0.6 is 0 Å². The molecule has 1 atom stereocenters. The van der Waals surface area contributed by atoms with Crippen LogP contribution in [0.25, 0.3) is 0 Å². The van der Waals surface area contributed by atoms with E-state index >= 15 is 0 Å². The fourth-order valence-electron chi connectivity index (χ4n) is 1.89. The molecule has 10 heavy (non-hydrogen) atoms. The van der Waals surface area contributed by atoms with Gasteiger partial charge < -0.3 is 0 Å². The average Bonchev–Trinajstić information content (AvgIpc) is 1.88. The van der Waals surface area contributed by atoms with Gasteiger partial charge in [0.15, 0.2) is 0 Å². The maximum Gasteiger partial charge on any atom is 0.00696 e. The predicted octanol–water partition coefficient (Wildman–Crippen LogP) is 2.27. The summed E-state index contributed by atoms with van der Waals surface area (Å²) in [5, 5.41) is 0. The van der Waals surface area contributed by atoms with Crippen LogP contribution in [0.5, 0.6) is 0 Å². The lowest BCUT2D eigenvalue weighted by atomic mass is 10.0. The Labute approximate surface area is 64.4 Å². The van der Waals surface area contributed by atoms with E-state index in [0.29, 0.717) is 0 Å². The molecule has 0 radical (unpaired) electrons. The minimum absolute atomic E-state index is 0.746. The molecule has 0 aromatic carbocycles. The molecule has 0 aromatic rings. The number of likely N-dealkylation sites (tertiary alicyclic amines) is 1. The summed E-state index contributed by atoms with van der Waals surface area (Å²) >= 11 is 0. The fraction of sp³-hybridized carbons (Fsp3) is 1.00. The summed E-state index contributed by atoms with van der Waals surface area (Å²) in [4.78, 5) is 2.60. The number of nitrogens with zero attached hydrogens (tertiary/aromatic N) is 1. The summed E-state index contributed by atoms with van der Waals surface area (Å²) in [5.74, 6) is 0. The van der Waals surface area contributed by atoms with Gasteiger partial charge in [-0.05, 0) is 40.2 Å². The van der Waals surface area contributed by atoms with Crippen molar-refractivity contribution >= 4 is 0 Å². The lowest BCUT2D eigenvalue weighted by Crippen LogP contribution is -2.41. The highest BCUT2D eigenvalue weighted by Crippen LogP contribution is 2.18. The van der Waals surface area contributed by atoms with Gasteiger partial charge in [0.1, 0.15) is 0 Å². The van der Waals surface area contributed by atoms with Gasteiger partial charge >= 0.3 is 0 Å². The first-order valence-corrected chi connectivity index (χ1v) is 4.47. The van der Waals surface area contributed by atoms with E-state index in [-0.39, 0.29) is 0 Å². The second kappa shape index (κ2) is 3.38. The van der Waals surface area contributed by atoms with Crippen LogP contribution < -0.4 is 0 Å².